The third kappa shape index (κ3) is 4.98. The summed E-state index contributed by atoms with van der Waals surface area (Å²) >= 11 is 0. The van der Waals surface area contributed by atoms with E-state index < -0.39 is 20.0 Å². The molecule has 0 spiro atoms. The van der Waals surface area contributed by atoms with E-state index in [1.807, 2.05) is 0 Å². The van der Waals surface area contributed by atoms with Gasteiger partial charge in [0.25, 0.3) is 0 Å². The molecular weight excluding hydrogens is 338 g/mol. The topological polar surface area (TPSA) is 110 Å². The number of piperidine rings is 1. The van der Waals surface area contributed by atoms with Crippen LogP contribution >= 0.6 is 0 Å². The number of nitrogens with two attached hydrogens (primary N) is 1. The Morgan fingerprint density at radius 2 is 1.61 bits per heavy atom. The summed E-state index contributed by atoms with van der Waals surface area (Å²) in [5.74, 6) is 0. The molecule has 0 aliphatic carbocycles. The van der Waals surface area contributed by atoms with Crippen molar-refractivity contribution in [1.82, 2.24) is 9.62 Å². The van der Waals surface area contributed by atoms with Crippen molar-refractivity contribution in [2.24, 2.45) is 5.14 Å². The molecule has 1 heterocycles. The molecule has 1 aromatic carbocycles. The minimum Gasteiger partial charge on any atom is -0.303 e. The second-order valence-corrected chi connectivity index (χ2v) is 9.03. The molecule has 0 atom stereocenters. The van der Waals surface area contributed by atoms with Gasteiger partial charge >= 0.3 is 0 Å². The minimum atomic E-state index is -3.82. The minimum absolute atomic E-state index is 0.0425. The Labute approximate surface area is 138 Å². The maximum absolute atomic E-state index is 12.4. The van der Waals surface area contributed by atoms with Crippen LogP contribution in [-0.4, -0.2) is 47.4 Å². The van der Waals surface area contributed by atoms with Crippen LogP contribution in [0.4, 0.5) is 0 Å². The molecule has 0 amide bonds. The highest BCUT2D eigenvalue weighted by atomic mass is 32.2. The summed E-state index contributed by atoms with van der Waals surface area (Å²) < 4.78 is 49.8. The van der Waals surface area contributed by atoms with Crippen molar-refractivity contribution >= 4 is 20.0 Å². The smallest absolute Gasteiger partial charge is 0.240 e. The first-order chi connectivity index (χ1) is 10.7. The molecule has 1 aromatic rings. The second-order valence-electron chi connectivity index (χ2n) is 5.75. The molecule has 0 saturated carbocycles. The number of hydrogen-bond acceptors (Lipinski definition) is 5. The molecule has 0 unspecified atom stereocenters. The molecule has 130 valence electrons. The van der Waals surface area contributed by atoms with Gasteiger partial charge in [0, 0.05) is 6.04 Å². The van der Waals surface area contributed by atoms with Gasteiger partial charge in [0.2, 0.25) is 20.0 Å². The van der Waals surface area contributed by atoms with E-state index in [4.69, 9.17) is 5.14 Å². The van der Waals surface area contributed by atoms with Gasteiger partial charge < -0.3 is 4.90 Å². The number of likely N-dealkylation sites (tertiary alicyclic amines) is 1. The fraction of sp³-hybridized carbons (Fsp3) is 0.571. The molecule has 3 N–H and O–H groups in total. The van der Waals surface area contributed by atoms with Crippen LogP contribution in [0, 0.1) is 0 Å². The predicted molar refractivity (Wildman–Crippen MR) is 87.9 cm³/mol. The Bertz CT molecular complexity index is 722. The maximum Gasteiger partial charge on any atom is 0.240 e. The first-order valence-electron chi connectivity index (χ1n) is 7.60. The summed E-state index contributed by atoms with van der Waals surface area (Å²) in [6.45, 7) is 4.92. The largest absolute Gasteiger partial charge is 0.303 e. The maximum atomic E-state index is 12.4. The standard InChI is InChI=1S/C14H23N3O4S2/c1-2-9-17-10-7-12(8-11-17)16-23(20,21)14-5-3-13(4-6-14)22(15,18)19/h3-6,12,16H,2,7-11H2,1H3,(H2,15,18,19). The predicted octanol–water partition coefficient (Wildman–Crippen LogP) is 0.487. The van der Waals surface area contributed by atoms with Crippen LogP contribution in [0.3, 0.4) is 0 Å². The summed E-state index contributed by atoms with van der Waals surface area (Å²) in [4.78, 5) is 2.26. The number of sulfonamides is 2. The van der Waals surface area contributed by atoms with Crippen LogP contribution in [0.1, 0.15) is 26.2 Å². The van der Waals surface area contributed by atoms with E-state index in [1.165, 1.54) is 24.3 Å². The lowest BCUT2D eigenvalue weighted by Gasteiger charge is -2.31. The van der Waals surface area contributed by atoms with Crippen molar-refractivity contribution < 1.29 is 16.8 Å². The van der Waals surface area contributed by atoms with Crippen LogP contribution in [0.15, 0.2) is 34.1 Å². The zero-order valence-electron chi connectivity index (χ0n) is 13.1. The number of primary sulfonamides is 1. The summed E-state index contributed by atoms with van der Waals surface area (Å²) in [5.41, 5.74) is 0. The van der Waals surface area contributed by atoms with E-state index in [0.717, 1.165) is 38.9 Å². The van der Waals surface area contributed by atoms with Crippen LogP contribution in [0.2, 0.25) is 0 Å². The number of rotatable bonds is 6. The Morgan fingerprint density at radius 3 is 2.09 bits per heavy atom. The van der Waals surface area contributed by atoms with Gasteiger partial charge in [-0.2, -0.15) is 0 Å². The number of nitrogens with zero attached hydrogens (tertiary/aromatic N) is 1. The van der Waals surface area contributed by atoms with Crippen molar-refractivity contribution in [1.29, 1.82) is 0 Å². The van der Waals surface area contributed by atoms with Crippen molar-refractivity contribution in [3.63, 3.8) is 0 Å². The lowest BCUT2D eigenvalue weighted by atomic mass is 10.1. The highest BCUT2D eigenvalue weighted by Crippen LogP contribution is 2.17. The van der Waals surface area contributed by atoms with E-state index in [0.29, 0.717) is 0 Å². The van der Waals surface area contributed by atoms with Gasteiger partial charge in [0.1, 0.15) is 0 Å². The molecule has 1 saturated heterocycles. The molecule has 2 rings (SSSR count). The summed E-state index contributed by atoms with van der Waals surface area (Å²) in [7, 11) is -7.48. The summed E-state index contributed by atoms with van der Waals surface area (Å²) in [6, 6.07) is 4.83. The monoisotopic (exact) mass is 361 g/mol. The van der Waals surface area contributed by atoms with Gasteiger partial charge in [-0.05, 0) is 63.2 Å². The SMILES string of the molecule is CCCN1CCC(NS(=O)(=O)c2ccc(S(N)(=O)=O)cc2)CC1. The number of hydrogen-bond donors (Lipinski definition) is 2. The van der Waals surface area contributed by atoms with Crippen molar-refractivity contribution in [2.45, 2.75) is 42.0 Å². The third-order valence-electron chi connectivity index (χ3n) is 3.91. The molecule has 1 fully saturated rings. The molecule has 0 bridgehead atoms. The molecular formula is C14H23N3O4S2. The fourth-order valence-electron chi connectivity index (χ4n) is 2.69. The van der Waals surface area contributed by atoms with E-state index >= 15 is 0 Å². The average molecular weight is 361 g/mol. The van der Waals surface area contributed by atoms with Gasteiger partial charge in [-0.25, -0.2) is 26.7 Å². The zero-order chi connectivity index (χ0) is 17.1. The lowest BCUT2D eigenvalue weighted by Crippen LogP contribution is -2.44. The van der Waals surface area contributed by atoms with Gasteiger partial charge in [-0.15, -0.1) is 0 Å². The van der Waals surface area contributed by atoms with Crippen LogP contribution < -0.4 is 9.86 Å². The molecule has 7 nitrogen and oxygen atoms in total. The molecule has 0 aromatic heterocycles. The normalized spacial score (nSPS) is 18.2. The second kappa shape index (κ2) is 7.27. The Morgan fingerprint density at radius 1 is 1.09 bits per heavy atom. The highest BCUT2D eigenvalue weighted by molar-refractivity contribution is 7.89. The molecule has 1 aliphatic rings. The highest BCUT2D eigenvalue weighted by Gasteiger charge is 2.24. The zero-order valence-corrected chi connectivity index (χ0v) is 14.7. The van der Waals surface area contributed by atoms with Gasteiger partial charge in [-0.3, -0.25) is 0 Å². The molecule has 9 heteroatoms. The van der Waals surface area contributed by atoms with Crippen molar-refractivity contribution in [3.8, 4) is 0 Å². The van der Waals surface area contributed by atoms with Crippen LogP contribution in [-0.2, 0) is 20.0 Å². The lowest BCUT2D eigenvalue weighted by molar-refractivity contribution is 0.208. The average Bonchev–Trinajstić information content (AvgIpc) is 2.48. The molecule has 23 heavy (non-hydrogen) atoms. The molecule has 0 radical (unpaired) electrons. The van der Waals surface area contributed by atoms with Crippen LogP contribution in [0.5, 0.6) is 0 Å². The Hall–Kier alpha value is -1.00. The van der Waals surface area contributed by atoms with Crippen LogP contribution in [0.25, 0.3) is 0 Å². The van der Waals surface area contributed by atoms with E-state index in [-0.39, 0.29) is 15.8 Å². The third-order valence-corrected chi connectivity index (χ3v) is 6.38. The van der Waals surface area contributed by atoms with Crippen molar-refractivity contribution in [2.75, 3.05) is 19.6 Å². The van der Waals surface area contributed by atoms with Crippen molar-refractivity contribution in [3.05, 3.63) is 24.3 Å². The van der Waals surface area contributed by atoms with E-state index in [2.05, 4.69) is 16.5 Å². The molecule has 1 aliphatic heterocycles. The summed E-state index contributed by atoms with van der Waals surface area (Å²) in [6.07, 6.45) is 2.63. The number of nitrogens with one attached hydrogen (secondary N) is 1. The quantitative estimate of drug-likeness (QED) is 0.766. The van der Waals surface area contributed by atoms with Gasteiger partial charge in [0.15, 0.2) is 0 Å². The van der Waals surface area contributed by atoms with E-state index in [9.17, 15) is 16.8 Å². The summed E-state index contributed by atoms with van der Waals surface area (Å²) in [5, 5.41) is 5.01. The van der Waals surface area contributed by atoms with Gasteiger partial charge in [-0.1, -0.05) is 6.92 Å². The van der Waals surface area contributed by atoms with Gasteiger partial charge in [0.05, 0.1) is 9.79 Å². The first kappa shape index (κ1) is 18.3. The first-order valence-corrected chi connectivity index (χ1v) is 10.6. The Balaban J connectivity index is 2.02. The Kier molecular flexibility index (Phi) is 5.79. The number of benzene rings is 1. The fourth-order valence-corrected chi connectivity index (χ4v) is 4.51. The van der Waals surface area contributed by atoms with E-state index in [1.54, 1.807) is 0 Å².